The SMILES string of the molecule is CCC1CCC(N[C@H](CO)Cc2ccccc2)CC1. The lowest BCUT2D eigenvalue weighted by molar-refractivity contribution is 0.205. The molecule has 2 heteroatoms. The highest BCUT2D eigenvalue weighted by molar-refractivity contribution is 5.16. The first-order valence-electron chi connectivity index (χ1n) is 7.72. The summed E-state index contributed by atoms with van der Waals surface area (Å²) < 4.78 is 0. The monoisotopic (exact) mass is 261 g/mol. The van der Waals surface area contributed by atoms with Crippen LogP contribution < -0.4 is 5.32 Å². The molecule has 0 radical (unpaired) electrons. The molecule has 1 saturated carbocycles. The first kappa shape index (κ1) is 14.5. The van der Waals surface area contributed by atoms with Gasteiger partial charge in [0.25, 0.3) is 0 Å². The van der Waals surface area contributed by atoms with Crippen molar-refractivity contribution in [2.45, 2.75) is 57.5 Å². The van der Waals surface area contributed by atoms with E-state index in [0.29, 0.717) is 6.04 Å². The lowest BCUT2D eigenvalue weighted by atomic mass is 9.84. The minimum absolute atomic E-state index is 0.200. The molecule has 2 N–H and O–H groups in total. The Hall–Kier alpha value is -0.860. The van der Waals surface area contributed by atoms with Gasteiger partial charge in [0.1, 0.15) is 0 Å². The molecule has 2 rings (SSSR count). The van der Waals surface area contributed by atoms with Crippen LogP contribution in [0.3, 0.4) is 0 Å². The number of benzene rings is 1. The third-order valence-corrected chi connectivity index (χ3v) is 4.44. The zero-order chi connectivity index (χ0) is 13.5. The third-order valence-electron chi connectivity index (χ3n) is 4.44. The summed E-state index contributed by atoms with van der Waals surface area (Å²) in [7, 11) is 0. The molecular weight excluding hydrogens is 234 g/mol. The molecule has 1 aromatic carbocycles. The Morgan fingerprint density at radius 1 is 1.16 bits per heavy atom. The standard InChI is InChI=1S/C17H27NO/c1-2-14-8-10-16(11-9-14)18-17(13-19)12-15-6-4-3-5-7-15/h3-7,14,16-19H,2,8-13H2,1H3/t14?,16?,17-/m0/s1. The molecule has 0 unspecified atom stereocenters. The van der Waals surface area contributed by atoms with Crippen molar-refractivity contribution in [1.82, 2.24) is 5.32 Å². The van der Waals surface area contributed by atoms with E-state index in [1.807, 2.05) is 6.07 Å². The van der Waals surface area contributed by atoms with Gasteiger partial charge in [-0.2, -0.15) is 0 Å². The van der Waals surface area contributed by atoms with E-state index in [4.69, 9.17) is 0 Å². The number of aliphatic hydroxyl groups excluding tert-OH is 1. The van der Waals surface area contributed by atoms with Crippen LogP contribution in [0.1, 0.15) is 44.6 Å². The van der Waals surface area contributed by atoms with Crippen molar-refractivity contribution in [2.24, 2.45) is 5.92 Å². The summed E-state index contributed by atoms with van der Waals surface area (Å²) in [6.07, 6.45) is 7.47. The lowest BCUT2D eigenvalue weighted by Gasteiger charge is -2.31. The molecule has 1 atom stereocenters. The zero-order valence-electron chi connectivity index (χ0n) is 12.0. The molecule has 0 heterocycles. The Morgan fingerprint density at radius 2 is 1.84 bits per heavy atom. The van der Waals surface area contributed by atoms with E-state index in [2.05, 4.69) is 36.5 Å². The largest absolute Gasteiger partial charge is 0.395 e. The van der Waals surface area contributed by atoms with Gasteiger partial charge in [-0.15, -0.1) is 0 Å². The zero-order valence-corrected chi connectivity index (χ0v) is 12.0. The second-order valence-electron chi connectivity index (χ2n) is 5.86. The second kappa shape index (κ2) is 7.66. The van der Waals surface area contributed by atoms with Crippen molar-refractivity contribution < 1.29 is 5.11 Å². The first-order chi connectivity index (χ1) is 9.31. The lowest BCUT2D eigenvalue weighted by Crippen LogP contribution is -2.43. The first-order valence-corrected chi connectivity index (χ1v) is 7.72. The van der Waals surface area contributed by atoms with Gasteiger partial charge >= 0.3 is 0 Å². The van der Waals surface area contributed by atoms with Crippen LogP contribution in [0, 0.1) is 5.92 Å². The van der Waals surface area contributed by atoms with Gasteiger partial charge < -0.3 is 10.4 Å². The quantitative estimate of drug-likeness (QED) is 0.824. The minimum atomic E-state index is 0.200. The smallest absolute Gasteiger partial charge is 0.0587 e. The Morgan fingerprint density at radius 3 is 2.42 bits per heavy atom. The van der Waals surface area contributed by atoms with Gasteiger partial charge in [-0.3, -0.25) is 0 Å². The van der Waals surface area contributed by atoms with E-state index in [-0.39, 0.29) is 12.6 Å². The van der Waals surface area contributed by atoms with Crippen LogP contribution in [0.15, 0.2) is 30.3 Å². The molecule has 0 saturated heterocycles. The average Bonchev–Trinajstić information content (AvgIpc) is 2.48. The predicted octanol–water partition coefficient (Wildman–Crippen LogP) is 3.15. The van der Waals surface area contributed by atoms with Crippen molar-refractivity contribution in [3.05, 3.63) is 35.9 Å². The van der Waals surface area contributed by atoms with Crippen LogP contribution in [0.5, 0.6) is 0 Å². The predicted molar refractivity (Wildman–Crippen MR) is 80.2 cm³/mol. The number of aliphatic hydroxyl groups is 1. The van der Waals surface area contributed by atoms with Crippen molar-refractivity contribution in [3.8, 4) is 0 Å². The minimum Gasteiger partial charge on any atom is -0.395 e. The van der Waals surface area contributed by atoms with Crippen molar-refractivity contribution in [2.75, 3.05) is 6.61 Å². The molecule has 0 aliphatic heterocycles. The molecule has 1 fully saturated rings. The second-order valence-corrected chi connectivity index (χ2v) is 5.86. The summed E-state index contributed by atoms with van der Waals surface area (Å²) in [4.78, 5) is 0. The summed E-state index contributed by atoms with van der Waals surface area (Å²) in [6.45, 7) is 2.52. The fraction of sp³-hybridized carbons (Fsp3) is 0.647. The average molecular weight is 261 g/mol. The summed E-state index contributed by atoms with van der Waals surface area (Å²) in [5.74, 6) is 0.930. The van der Waals surface area contributed by atoms with E-state index >= 15 is 0 Å². The summed E-state index contributed by atoms with van der Waals surface area (Å²) in [5.41, 5.74) is 1.30. The highest BCUT2D eigenvalue weighted by atomic mass is 16.3. The van der Waals surface area contributed by atoms with E-state index in [9.17, 15) is 5.11 Å². The fourth-order valence-electron chi connectivity index (χ4n) is 3.15. The van der Waals surface area contributed by atoms with Crippen LogP contribution in [-0.4, -0.2) is 23.8 Å². The van der Waals surface area contributed by atoms with Crippen LogP contribution in [0.4, 0.5) is 0 Å². The van der Waals surface area contributed by atoms with Crippen molar-refractivity contribution >= 4 is 0 Å². The van der Waals surface area contributed by atoms with E-state index < -0.39 is 0 Å². The Kier molecular flexibility index (Phi) is 5.87. The summed E-state index contributed by atoms with van der Waals surface area (Å²) in [6, 6.07) is 11.2. The normalized spacial score (nSPS) is 25.2. The molecule has 1 aliphatic carbocycles. The van der Waals surface area contributed by atoms with Gasteiger partial charge in [0, 0.05) is 12.1 Å². The Labute approximate surface area is 117 Å². The summed E-state index contributed by atoms with van der Waals surface area (Å²) in [5, 5.41) is 13.2. The van der Waals surface area contributed by atoms with Crippen molar-refractivity contribution in [1.29, 1.82) is 0 Å². The van der Waals surface area contributed by atoms with Crippen LogP contribution in [0.25, 0.3) is 0 Å². The van der Waals surface area contributed by atoms with Crippen molar-refractivity contribution in [3.63, 3.8) is 0 Å². The maximum atomic E-state index is 9.55. The molecular formula is C17H27NO. The topological polar surface area (TPSA) is 32.3 Å². The molecule has 1 aliphatic rings. The number of rotatable bonds is 6. The van der Waals surface area contributed by atoms with E-state index in [0.717, 1.165) is 12.3 Å². The number of hydrogen-bond acceptors (Lipinski definition) is 2. The van der Waals surface area contributed by atoms with Gasteiger partial charge in [0.05, 0.1) is 6.61 Å². The Bertz CT molecular complexity index is 344. The van der Waals surface area contributed by atoms with Crippen LogP contribution >= 0.6 is 0 Å². The number of hydrogen-bond donors (Lipinski definition) is 2. The van der Waals surface area contributed by atoms with Crippen LogP contribution in [0.2, 0.25) is 0 Å². The molecule has 0 aromatic heterocycles. The maximum absolute atomic E-state index is 9.55. The molecule has 0 amide bonds. The third kappa shape index (κ3) is 4.63. The van der Waals surface area contributed by atoms with Gasteiger partial charge in [-0.25, -0.2) is 0 Å². The molecule has 1 aromatic rings. The van der Waals surface area contributed by atoms with E-state index in [1.165, 1.54) is 37.7 Å². The fourth-order valence-corrected chi connectivity index (χ4v) is 3.15. The highest BCUT2D eigenvalue weighted by Gasteiger charge is 2.22. The molecule has 106 valence electrons. The number of nitrogens with one attached hydrogen (secondary N) is 1. The maximum Gasteiger partial charge on any atom is 0.0587 e. The molecule has 0 spiro atoms. The van der Waals surface area contributed by atoms with Gasteiger partial charge in [0.2, 0.25) is 0 Å². The van der Waals surface area contributed by atoms with E-state index in [1.54, 1.807) is 0 Å². The highest BCUT2D eigenvalue weighted by Crippen LogP contribution is 2.26. The molecule has 19 heavy (non-hydrogen) atoms. The van der Waals surface area contributed by atoms with Gasteiger partial charge in [-0.05, 0) is 43.6 Å². The van der Waals surface area contributed by atoms with Crippen LogP contribution in [-0.2, 0) is 6.42 Å². The Balaban J connectivity index is 1.79. The van der Waals surface area contributed by atoms with Gasteiger partial charge in [-0.1, -0.05) is 43.7 Å². The van der Waals surface area contributed by atoms with Gasteiger partial charge in [0.15, 0.2) is 0 Å². The summed E-state index contributed by atoms with van der Waals surface area (Å²) >= 11 is 0. The molecule has 0 bridgehead atoms. The molecule has 2 nitrogen and oxygen atoms in total.